The van der Waals surface area contributed by atoms with E-state index in [9.17, 15) is 4.57 Å². The van der Waals surface area contributed by atoms with Crippen LogP contribution in [0.4, 0.5) is 0 Å². The van der Waals surface area contributed by atoms with E-state index in [1.807, 2.05) is 18.2 Å². The van der Waals surface area contributed by atoms with Gasteiger partial charge in [0.2, 0.25) is 0 Å². The molecule has 0 spiro atoms. The Bertz CT molecular complexity index is 225. The summed E-state index contributed by atoms with van der Waals surface area (Å²) >= 11 is 0. The minimum Gasteiger partial charge on any atom is -0.255 e. The van der Waals surface area contributed by atoms with Crippen molar-refractivity contribution in [3.05, 3.63) is 30.3 Å². The highest BCUT2D eigenvalue weighted by molar-refractivity contribution is 7.38. The van der Waals surface area contributed by atoms with Gasteiger partial charge in [0.05, 0.1) is 0 Å². The summed E-state index contributed by atoms with van der Waals surface area (Å²) in [7, 11) is -1.53. The van der Waals surface area contributed by atoms with E-state index in [1.54, 1.807) is 12.1 Å². The number of rotatable bonds is 2. The number of para-hydroxylation sites is 1. The monoisotopic (exact) mass is 185 g/mol. The van der Waals surface area contributed by atoms with E-state index in [4.69, 9.17) is 4.52 Å². The van der Waals surface area contributed by atoms with E-state index in [1.165, 1.54) is 6.66 Å². The molecule has 0 saturated carbocycles. The first-order chi connectivity index (χ1) is 4.79. The Kier molecular flexibility index (Phi) is 5.15. The topological polar surface area (TPSA) is 26.3 Å². The first-order valence-corrected chi connectivity index (χ1v) is 4.55. The quantitative estimate of drug-likeness (QED) is 0.512. The first-order valence-electron chi connectivity index (χ1n) is 2.93. The summed E-state index contributed by atoms with van der Waals surface area (Å²) in [5.41, 5.74) is 0. The van der Waals surface area contributed by atoms with Crippen molar-refractivity contribution in [2.75, 3.05) is 6.66 Å². The van der Waals surface area contributed by atoms with E-state index in [0.29, 0.717) is 5.75 Å². The molecule has 0 saturated heterocycles. The third-order valence-electron chi connectivity index (χ3n) is 0.977. The number of hydrogen-bond acceptors (Lipinski definition) is 2. The lowest BCUT2D eigenvalue weighted by Gasteiger charge is -1.87. The molecule has 0 radical (unpaired) electrons. The summed E-state index contributed by atoms with van der Waals surface area (Å²) in [6, 6.07) is 9.12. The summed E-state index contributed by atoms with van der Waals surface area (Å²) in [6.07, 6.45) is 0. The van der Waals surface area contributed by atoms with Crippen LogP contribution >= 0.6 is 8.03 Å². The maximum Gasteiger partial charge on any atom is 0.552 e. The molecule has 1 rings (SSSR count). The van der Waals surface area contributed by atoms with Crippen molar-refractivity contribution in [1.82, 2.24) is 0 Å². The van der Waals surface area contributed by atoms with Crippen molar-refractivity contribution in [2.24, 2.45) is 0 Å². The molecule has 0 fully saturated rings. The van der Waals surface area contributed by atoms with Gasteiger partial charge in [-0.2, -0.15) is 0 Å². The zero-order valence-corrected chi connectivity index (χ0v) is 6.54. The molecule has 0 bridgehead atoms. The van der Waals surface area contributed by atoms with Crippen LogP contribution in [-0.4, -0.2) is 24.0 Å². The lowest BCUT2D eigenvalue weighted by atomic mass is 10.3. The van der Waals surface area contributed by atoms with Gasteiger partial charge in [0.15, 0.2) is 29.8 Å². The molecule has 1 aromatic carbocycles. The zero-order valence-electron chi connectivity index (χ0n) is 5.65. The van der Waals surface area contributed by atoms with Crippen molar-refractivity contribution in [1.29, 1.82) is 0 Å². The molecule has 1 atom stereocenters. The van der Waals surface area contributed by atoms with E-state index in [-0.39, 0.29) is 17.4 Å². The average molecular weight is 185 g/mol. The maximum atomic E-state index is 10.5. The Labute approximate surface area is 77.6 Å². The van der Waals surface area contributed by atoms with Crippen LogP contribution in [0.15, 0.2) is 30.3 Å². The molecular formula is C7H11AlO2P+. The van der Waals surface area contributed by atoms with Crippen molar-refractivity contribution in [2.45, 2.75) is 0 Å². The fraction of sp³-hybridized carbons (Fsp3) is 0.143. The Balaban J connectivity index is 0.000001000. The molecule has 58 valence electrons. The summed E-state index contributed by atoms with van der Waals surface area (Å²) in [4.78, 5) is 0. The lowest BCUT2D eigenvalue weighted by Crippen LogP contribution is -1.76. The molecule has 4 heteroatoms. The standard InChI is InChI=1S/C7H8O2P.Al.3H/c1-10(8)9-7-5-3-2-4-6-7;;;;/h2-6H,1H3;;;;/q+1;;;;. The molecule has 0 aliphatic carbocycles. The van der Waals surface area contributed by atoms with Crippen molar-refractivity contribution < 1.29 is 9.09 Å². The van der Waals surface area contributed by atoms with E-state index >= 15 is 0 Å². The minimum atomic E-state index is -1.53. The zero-order chi connectivity index (χ0) is 7.40. The Morgan fingerprint density at radius 1 is 1.27 bits per heavy atom. The molecule has 0 N–H and O–H groups in total. The van der Waals surface area contributed by atoms with Crippen molar-refractivity contribution >= 4 is 25.4 Å². The van der Waals surface area contributed by atoms with E-state index in [0.717, 1.165) is 0 Å². The number of benzene rings is 1. The predicted octanol–water partition coefficient (Wildman–Crippen LogP) is 1.25. The largest absolute Gasteiger partial charge is 0.552 e. The summed E-state index contributed by atoms with van der Waals surface area (Å²) in [6.45, 7) is 1.53. The Hall–Kier alpha value is -0.348. The van der Waals surface area contributed by atoms with Gasteiger partial charge >= 0.3 is 8.03 Å². The predicted molar refractivity (Wildman–Crippen MR) is 50.5 cm³/mol. The molecule has 0 aliphatic rings. The Morgan fingerprint density at radius 3 is 2.27 bits per heavy atom. The maximum absolute atomic E-state index is 10.5. The van der Waals surface area contributed by atoms with Crippen molar-refractivity contribution in [3.8, 4) is 5.75 Å². The molecule has 0 amide bonds. The molecule has 0 aliphatic heterocycles. The third-order valence-corrected chi connectivity index (χ3v) is 1.45. The van der Waals surface area contributed by atoms with Gasteiger partial charge in [0.1, 0.15) is 0 Å². The first kappa shape index (κ1) is 10.7. The highest BCUT2D eigenvalue weighted by Crippen LogP contribution is 2.21. The van der Waals surface area contributed by atoms with Crippen LogP contribution in [0.2, 0.25) is 0 Å². The SMILES string of the molecule is C[P+](=O)Oc1ccccc1.[AlH3]. The second-order valence-corrected chi connectivity index (χ2v) is 2.91. The molecule has 11 heavy (non-hydrogen) atoms. The van der Waals surface area contributed by atoms with Crippen molar-refractivity contribution in [3.63, 3.8) is 0 Å². The van der Waals surface area contributed by atoms with E-state index in [2.05, 4.69) is 0 Å². The molecule has 0 aromatic heterocycles. The van der Waals surface area contributed by atoms with Gasteiger partial charge in [-0.1, -0.05) is 18.2 Å². The van der Waals surface area contributed by atoms with Gasteiger partial charge in [-0.15, -0.1) is 0 Å². The van der Waals surface area contributed by atoms with Crippen LogP contribution in [0, 0.1) is 0 Å². The molecule has 2 nitrogen and oxygen atoms in total. The second kappa shape index (κ2) is 5.32. The van der Waals surface area contributed by atoms with Gasteiger partial charge in [-0.3, -0.25) is 4.52 Å². The summed E-state index contributed by atoms with van der Waals surface area (Å²) in [5.74, 6) is 0.658. The minimum absolute atomic E-state index is 0. The second-order valence-electron chi connectivity index (χ2n) is 1.84. The molecular weight excluding hydrogens is 174 g/mol. The number of hydrogen-bond donors (Lipinski definition) is 0. The molecule has 0 heterocycles. The molecule has 1 unspecified atom stereocenters. The average Bonchev–Trinajstić information content (AvgIpc) is 1.88. The van der Waals surface area contributed by atoms with Crippen LogP contribution in [0.3, 0.4) is 0 Å². The third kappa shape index (κ3) is 4.16. The van der Waals surface area contributed by atoms with Gasteiger partial charge in [0.25, 0.3) is 0 Å². The summed E-state index contributed by atoms with van der Waals surface area (Å²) < 4.78 is 15.5. The Morgan fingerprint density at radius 2 is 1.82 bits per heavy atom. The van der Waals surface area contributed by atoms with Crippen LogP contribution < -0.4 is 4.52 Å². The highest BCUT2D eigenvalue weighted by atomic mass is 31.1. The van der Waals surface area contributed by atoms with Crippen LogP contribution in [0.1, 0.15) is 0 Å². The normalized spacial score (nSPS) is 9.73. The fourth-order valence-corrected chi connectivity index (χ4v) is 1.05. The van der Waals surface area contributed by atoms with Gasteiger partial charge in [0, 0.05) is 0 Å². The van der Waals surface area contributed by atoms with Gasteiger partial charge in [-0.25, -0.2) is 0 Å². The highest BCUT2D eigenvalue weighted by Gasteiger charge is 2.06. The van der Waals surface area contributed by atoms with Crippen LogP contribution in [0.25, 0.3) is 0 Å². The summed E-state index contributed by atoms with van der Waals surface area (Å²) in [5, 5.41) is 0. The smallest absolute Gasteiger partial charge is 0.255 e. The van der Waals surface area contributed by atoms with Gasteiger partial charge in [-0.05, 0) is 16.7 Å². The van der Waals surface area contributed by atoms with Crippen LogP contribution in [0.5, 0.6) is 5.75 Å². The lowest BCUT2D eigenvalue weighted by molar-refractivity contribution is 0.511. The fourth-order valence-electron chi connectivity index (χ4n) is 0.630. The van der Waals surface area contributed by atoms with Gasteiger partial charge < -0.3 is 0 Å². The van der Waals surface area contributed by atoms with E-state index < -0.39 is 8.03 Å². The van der Waals surface area contributed by atoms with Crippen LogP contribution in [-0.2, 0) is 4.57 Å². The molecule has 1 aromatic rings.